The Labute approximate surface area is 211 Å². The van der Waals surface area contributed by atoms with E-state index in [4.69, 9.17) is 55.7 Å². The van der Waals surface area contributed by atoms with Gasteiger partial charge in [-0.1, -0.05) is 90.5 Å². The van der Waals surface area contributed by atoms with Crippen molar-refractivity contribution in [1.82, 2.24) is 5.16 Å². The molecule has 0 aliphatic heterocycles. The molecule has 1 N–H and O–H groups in total. The monoisotopic (exact) mass is 528 g/mol. The second-order valence-corrected chi connectivity index (χ2v) is 10.6. The number of benzene rings is 2. The first kappa shape index (κ1) is 25.4. The van der Waals surface area contributed by atoms with E-state index in [1.807, 2.05) is 20.8 Å². The number of aromatic nitrogens is 1. The average molecular weight is 530 g/mol. The standard InChI is InChI=1S/C23H20Cl4N2O4/c1-22(2,3)12-32-21(31)23(26,27)20(30)28-14-7-4-6-13(10-14)18-11-17(29-33-18)19-15(24)8-5-9-16(19)25/h4-11H,12H2,1-3H3,(H,28,30). The molecular weight excluding hydrogens is 510 g/mol. The summed E-state index contributed by atoms with van der Waals surface area (Å²) in [6.45, 7) is 5.65. The van der Waals surface area contributed by atoms with E-state index in [1.54, 1.807) is 48.5 Å². The van der Waals surface area contributed by atoms with Crippen molar-refractivity contribution in [2.75, 3.05) is 11.9 Å². The third-order valence-corrected chi connectivity index (χ3v) is 5.59. The van der Waals surface area contributed by atoms with E-state index in [1.165, 1.54) is 0 Å². The third-order valence-electron chi connectivity index (χ3n) is 4.31. The summed E-state index contributed by atoms with van der Waals surface area (Å²) >= 11 is 24.5. The molecule has 0 saturated carbocycles. The fourth-order valence-electron chi connectivity index (χ4n) is 2.70. The van der Waals surface area contributed by atoms with Crippen LogP contribution in [0.4, 0.5) is 5.69 Å². The SMILES string of the molecule is CC(C)(C)COC(=O)C(Cl)(Cl)C(=O)Nc1cccc(-c2cc(-c3c(Cl)cccc3Cl)no2)c1. The van der Waals surface area contributed by atoms with Crippen LogP contribution >= 0.6 is 46.4 Å². The number of carbonyl (C=O) groups is 2. The van der Waals surface area contributed by atoms with Gasteiger partial charge in [0.15, 0.2) is 5.76 Å². The van der Waals surface area contributed by atoms with Gasteiger partial charge in [0.1, 0.15) is 5.69 Å². The molecule has 0 bridgehead atoms. The molecule has 1 aromatic heterocycles. The van der Waals surface area contributed by atoms with E-state index in [2.05, 4.69) is 10.5 Å². The maximum atomic E-state index is 12.6. The lowest BCUT2D eigenvalue weighted by atomic mass is 9.99. The predicted molar refractivity (Wildman–Crippen MR) is 131 cm³/mol. The zero-order chi connectivity index (χ0) is 24.4. The minimum Gasteiger partial charge on any atom is -0.463 e. The van der Waals surface area contributed by atoms with Crippen molar-refractivity contribution >= 4 is 64.0 Å². The molecule has 33 heavy (non-hydrogen) atoms. The molecule has 174 valence electrons. The molecule has 0 spiro atoms. The number of amides is 1. The van der Waals surface area contributed by atoms with Crippen LogP contribution in [0.3, 0.4) is 0 Å². The fraction of sp³-hybridized carbons (Fsp3) is 0.261. The average Bonchev–Trinajstić information content (AvgIpc) is 3.21. The molecule has 6 nitrogen and oxygen atoms in total. The molecule has 0 unspecified atom stereocenters. The number of rotatable bonds is 6. The molecule has 0 atom stereocenters. The molecular formula is C23H20Cl4N2O4. The van der Waals surface area contributed by atoms with Gasteiger partial charge in [0.05, 0.1) is 16.7 Å². The first-order valence-electron chi connectivity index (χ1n) is 9.76. The molecule has 10 heteroatoms. The van der Waals surface area contributed by atoms with E-state index in [0.29, 0.717) is 38.3 Å². The molecule has 0 aliphatic rings. The number of carbonyl (C=O) groups excluding carboxylic acids is 2. The Morgan fingerprint density at radius 1 is 1.03 bits per heavy atom. The Kier molecular flexibility index (Phi) is 7.64. The first-order valence-corrected chi connectivity index (χ1v) is 11.3. The van der Waals surface area contributed by atoms with Gasteiger partial charge in [0.2, 0.25) is 0 Å². The maximum absolute atomic E-state index is 12.6. The summed E-state index contributed by atoms with van der Waals surface area (Å²) < 4.78 is 8.10. The molecule has 0 saturated heterocycles. The van der Waals surface area contributed by atoms with Crippen molar-refractivity contribution in [3.05, 3.63) is 58.6 Å². The first-order chi connectivity index (χ1) is 15.4. The van der Waals surface area contributed by atoms with Crippen LogP contribution in [0.15, 0.2) is 53.1 Å². The van der Waals surface area contributed by atoms with Crippen molar-refractivity contribution in [2.45, 2.75) is 25.1 Å². The normalized spacial score (nSPS) is 11.8. The van der Waals surface area contributed by atoms with Crippen LogP contribution in [0.25, 0.3) is 22.6 Å². The second-order valence-electron chi connectivity index (χ2n) is 8.42. The number of alkyl halides is 2. The molecule has 0 fully saturated rings. The summed E-state index contributed by atoms with van der Waals surface area (Å²) in [6, 6.07) is 13.4. The molecule has 0 radical (unpaired) electrons. The number of nitrogens with zero attached hydrogens (tertiary/aromatic N) is 1. The van der Waals surface area contributed by atoms with E-state index in [0.717, 1.165) is 0 Å². The van der Waals surface area contributed by atoms with Crippen LogP contribution < -0.4 is 5.32 Å². The van der Waals surface area contributed by atoms with Gasteiger partial charge in [0, 0.05) is 22.9 Å². The Morgan fingerprint density at radius 3 is 2.30 bits per heavy atom. The second kappa shape index (κ2) is 9.94. The van der Waals surface area contributed by atoms with Gasteiger partial charge in [-0.2, -0.15) is 0 Å². The van der Waals surface area contributed by atoms with Crippen molar-refractivity contribution in [2.24, 2.45) is 5.41 Å². The highest BCUT2D eigenvalue weighted by Crippen LogP contribution is 2.36. The molecule has 2 aromatic carbocycles. The lowest BCUT2D eigenvalue weighted by Crippen LogP contribution is -2.42. The van der Waals surface area contributed by atoms with Gasteiger partial charge in [-0.05, 0) is 29.7 Å². The number of hydrogen-bond acceptors (Lipinski definition) is 5. The minimum atomic E-state index is -2.42. The predicted octanol–water partition coefficient (Wildman–Crippen LogP) is 7.02. The minimum absolute atomic E-state index is 0.0546. The van der Waals surface area contributed by atoms with E-state index in [-0.39, 0.29) is 12.0 Å². The summed E-state index contributed by atoms with van der Waals surface area (Å²) in [6.07, 6.45) is 0. The largest absolute Gasteiger partial charge is 0.463 e. The fourth-order valence-corrected chi connectivity index (χ4v) is 3.49. The van der Waals surface area contributed by atoms with Gasteiger partial charge in [-0.25, -0.2) is 4.79 Å². The van der Waals surface area contributed by atoms with Crippen LogP contribution in [-0.4, -0.2) is 28.0 Å². The summed E-state index contributed by atoms with van der Waals surface area (Å²) in [5.74, 6) is -1.58. The summed E-state index contributed by atoms with van der Waals surface area (Å²) in [4.78, 5) is 24.8. The smallest absolute Gasteiger partial charge is 0.352 e. The van der Waals surface area contributed by atoms with Gasteiger partial charge < -0.3 is 14.6 Å². The van der Waals surface area contributed by atoms with Gasteiger partial charge >= 0.3 is 5.97 Å². The van der Waals surface area contributed by atoms with Crippen molar-refractivity contribution < 1.29 is 18.8 Å². The lowest BCUT2D eigenvalue weighted by molar-refractivity contribution is -0.149. The topological polar surface area (TPSA) is 81.4 Å². The maximum Gasteiger partial charge on any atom is 0.352 e. The Bertz CT molecular complexity index is 1160. The number of anilines is 1. The molecule has 3 rings (SSSR count). The number of esters is 1. The van der Waals surface area contributed by atoms with Crippen molar-refractivity contribution in [3.8, 4) is 22.6 Å². The van der Waals surface area contributed by atoms with Crippen LogP contribution in [0.2, 0.25) is 10.0 Å². The molecule has 0 aliphatic carbocycles. The highest BCUT2D eigenvalue weighted by atomic mass is 35.5. The molecule has 1 heterocycles. The molecule has 1 amide bonds. The van der Waals surface area contributed by atoms with Crippen molar-refractivity contribution in [1.29, 1.82) is 0 Å². The van der Waals surface area contributed by atoms with Gasteiger partial charge in [-0.15, -0.1) is 0 Å². The van der Waals surface area contributed by atoms with Crippen LogP contribution in [0, 0.1) is 5.41 Å². The van der Waals surface area contributed by atoms with Crippen LogP contribution in [0.1, 0.15) is 20.8 Å². The van der Waals surface area contributed by atoms with E-state index < -0.39 is 16.2 Å². The zero-order valence-corrected chi connectivity index (χ0v) is 20.9. The lowest BCUT2D eigenvalue weighted by Gasteiger charge is -2.22. The number of hydrogen-bond donors (Lipinski definition) is 1. The van der Waals surface area contributed by atoms with Crippen LogP contribution in [-0.2, 0) is 14.3 Å². The van der Waals surface area contributed by atoms with Crippen LogP contribution in [0.5, 0.6) is 0 Å². The summed E-state index contributed by atoms with van der Waals surface area (Å²) in [5, 5.41) is 7.43. The Balaban J connectivity index is 1.77. The highest BCUT2D eigenvalue weighted by Gasteiger charge is 2.44. The zero-order valence-electron chi connectivity index (χ0n) is 17.9. The summed E-state index contributed by atoms with van der Waals surface area (Å²) in [7, 11) is 0. The number of ether oxygens (including phenoxy) is 1. The number of nitrogens with one attached hydrogen (secondary N) is 1. The van der Waals surface area contributed by atoms with Gasteiger partial charge in [-0.3, -0.25) is 4.79 Å². The molecule has 3 aromatic rings. The highest BCUT2D eigenvalue weighted by molar-refractivity contribution is 6.68. The van der Waals surface area contributed by atoms with E-state index >= 15 is 0 Å². The van der Waals surface area contributed by atoms with E-state index in [9.17, 15) is 9.59 Å². The third kappa shape index (κ3) is 6.21. The van der Waals surface area contributed by atoms with Gasteiger partial charge in [0.25, 0.3) is 10.2 Å². The van der Waals surface area contributed by atoms with Crippen molar-refractivity contribution in [3.63, 3.8) is 0 Å². The summed E-state index contributed by atoms with van der Waals surface area (Å²) in [5.41, 5.74) is 1.62. The quantitative estimate of drug-likeness (QED) is 0.211. The Hall–Kier alpha value is -2.25. The Morgan fingerprint density at radius 2 is 1.67 bits per heavy atom. The number of halogens is 4.